The van der Waals surface area contributed by atoms with Crippen LogP contribution in [0.25, 0.3) is 0 Å². The Morgan fingerprint density at radius 2 is 1.79 bits per heavy atom. The summed E-state index contributed by atoms with van der Waals surface area (Å²) in [6.07, 6.45) is 12.3. The summed E-state index contributed by atoms with van der Waals surface area (Å²) in [7, 11) is 0. The van der Waals surface area contributed by atoms with Crippen LogP contribution in [0.4, 0.5) is 0 Å². The molecule has 112 valence electrons. The Kier molecular flexibility index (Phi) is 6.64. The maximum Gasteiger partial charge on any atom is 0.0704 e. The molecule has 2 unspecified atom stereocenters. The van der Waals surface area contributed by atoms with Gasteiger partial charge in [0, 0.05) is 16.8 Å². The summed E-state index contributed by atoms with van der Waals surface area (Å²) < 4.78 is 11.7. The highest BCUT2D eigenvalue weighted by molar-refractivity contribution is 9.09. The Morgan fingerprint density at radius 3 is 2.42 bits per heavy atom. The second-order valence-electron chi connectivity index (χ2n) is 6.18. The van der Waals surface area contributed by atoms with Gasteiger partial charge in [-0.25, -0.2) is 0 Å². The van der Waals surface area contributed by atoms with Gasteiger partial charge in [-0.1, -0.05) is 55.0 Å². The number of halogens is 1. The fourth-order valence-electron chi connectivity index (χ4n) is 3.55. The molecule has 0 aliphatic heterocycles. The van der Waals surface area contributed by atoms with E-state index in [1.165, 1.54) is 51.4 Å². The minimum atomic E-state index is 0.444. The predicted molar refractivity (Wildman–Crippen MR) is 82.9 cm³/mol. The van der Waals surface area contributed by atoms with Gasteiger partial charge >= 0.3 is 0 Å². The van der Waals surface area contributed by atoms with E-state index >= 15 is 0 Å². The lowest BCUT2D eigenvalue weighted by Gasteiger charge is -2.53. The van der Waals surface area contributed by atoms with Crippen LogP contribution in [-0.2, 0) is 9.47 Å². The highest BCUT2D eigenvalue weighted by atomic mass is 79.9. The molecule has 0 N–H and O–H groups in total. The molecule has 2 aliphatic carbocycles. The lowest BCUT2D eigenvalue weighted by molar-refractivity contribution is -0.121. The molecule has 3 heteroatoms. The van der Waals surface area contributed by atoms with Crippen molar-refractivity contribution in [3.8, 4) is 0 Å². The number of alkyl halides is 1. The Balaban J connectivity index is 1.68. The van der Waals surface area contributed by atoms with Gasteiger partial charge < -0.3 is 9.47 Å². The number of unbranched alkanes of at least 4 members (excludes halogenated alkanes) is 1. The van der Waals surface area contributed by atoms with Crippen LogP contribution in [0.2, 0.25) is 0 Å². The van der Waals surface area contributed by atoms with Crippen molar-refractivity contribution in [1.82, 2.24) is 0 Å². The quantitative estimate of drug-likeness (QED) is 0.497. The monoisotopic (exact) mass is 332 g/mol. The summed E-state index contributed by atoms with van der Waals surface area (Å²) >= 11 is 3.89. The van der Waals surface area contributed by atoms with Gasteiger partial charge in [-0.15, -0.1) is 0 Å². The maximum absolute atomic E-state index is 6.12. The topological polar surface area (TPSA) is 18.5 Å². The summed E-state index contributed by atoms with van der Waals surface area (Å²) in [5, 5.41) is 0. The van der Waals surface area contributed by atoms with E-state index in [2.05, 4.69) is 22.9 Å². The number of hydrogen-bond acceptors (Lipinski definition) is 2. The third-order valence-electron chi connectivity index (χ3n) is 4.91. The number of ether oxygens (including phenoxy) is 2. The van der Waals surface area contributed by atoms with Gasteiger partial charge in [0.1, 0.15) is 0 Å². The smallest absolute Gasteiger partial charge is 0.0704 e. The van der Waals surface area contributed by atoms with E-state index in [0.717, 1.165) is 26.2 Å². The van der Waals surface area contributed by atoms with E-state index in [-0.39, 0.29) is 0 Å². The van der Waals surface area contributed by atoms with Crippen molar-refractivity contribution in [2.45, 2.75) is 75.6 Å². The molecule has 0 aromatic carbocycles. The first kappa shape index (κ1) is 15.8. The van der Waals surface area contributed by atoms with Crippen LogP contribution in [0.3, 0.4) is 0 Å². The van der Waals surface area contributed by atoms with Crippen LogP contribution in [0, 0.1) is 5.41 Å². The van der Waals surface area contributed by atoms with Crippen molar-refractivity contribution in [3.05, 3.63) is 0 Å². The fourth-order valence-corrected chi connectivity index (χ4v) is 4.64. The first-order chi connectivity index (χ1) is 9.29. The highest BCUT2D eigenvalue weighted by Gasteiger charge is 2.53. The Morgan fingerprint density at radius 1 is 1.05 bits per heavy atom. The van der Waals surface area contributed by atoms with Crippen LogP contribution in [0.5, 0.6) is 0 Å². The van der Waals surface area contributed by atoms with Crippen LogP contribution in [0.1, 0.15) is 64.7 Å². The Labute approximate surface area is 126 Å². The largest absolute Gasteiger partial charge is 0.379 e. The van der Waals surface area contributed by atoms with Gasteiger partial charge in [0.05, 0.1) is 19.3 Å². The molecule has 0 radical (unpaired) electrons. The van der Waals surface area contributed by atoms with Gasteiger partial charge in [0.15, 0.2) is 0 Å². The average molecular weight is 333 g/mol. The third-order valence-corrected chi connectivity index (χ3v) is 6.20. The molecule has 0 bridgehead atoms. The van der Waals surface area contributed by atoms with Crippen LogP contribution in [0.15, 0.2) is 0 Å². The van der Waals surface area contributed by atoms with E-state index in [1.54, 1.807) is 0 Å². The van der Waals surface area contributed by atoms with Crippen LogP contribution < -0.4 is 0 Å². The molecule has 2 fully saturated rings. The Bertz CT molecular complexity index is 249. The van der Waals surface area contributed by atoms with Gasteiger partial charge in [-0.3, -0.25) is 0 Å². The first-order valence-electron chi connectivity index (χ1n) is 8.13. The van der Waals surface area contributed by atoms with Crippen molar-refractivity contribution < 1.29 is 9.47 Å². The average Bonchev–Trinajstić information content (AvgIpc) is 2.69. The predicted octanol–water partition coefficient (Wildman–Crippen LogP) is 4.70. The summed E-state index contributed by atoms with van der Waals surface area (Å²) in [6.45, 7) is 4.62. The van der Waals surface area contributed by atoms with Crippen molar-refractivity contribution >= 4 is 15.9 Å². The molecule has 2 aliphatic rings. The van der Waals surface area contributed by atoms with Crippen molar-refractivity contribution in [2.75, 3.05) is 19.8 Å². The molecule has 0 heterocycles. The molecule has 2 atom stereocenters. The van der Waals surface area contributed by atoms with Crippen molar-refractivity contribution in [3.63, 3.8) is 0 Å². The van der Waals surface area contributed by atoms with E-state index in [1.807, 2.05) is 0 Å². The van der Waals surface area contributed by atoms with E-state index in [4.69, 9.17) is 9.47 Å². The molecule has 0 amide bonds. The molecular formula is C16H29BrO2. The Hall–Kier alpha value is 0.400. The summed E-state index contributed by atoms with van der Waals surface area (Å²) in [5.74, 6) is 0. The fraction of sp³-hybridized carbons (Fsp3) is 1.00. The minimum absolute atomic E-state index is 0.444. The molecule has 2 saturated carbocycles. The minimum Gasteiger partial charge on any atom is -0.379 e. The molecule has 0 aromatic rings. The second-order valence-corrected chi connectivity index (χ2v) is 7.28. The first-order valence-corrected chi connectivity index (χ1v) is 9.04. The zero-order valence-electron chi connectivity index (χ0n) is 12.3. The highest BCUT2D eigenvalue weighted by Crippen LogP contribution is 2.55. The lowest BCUT2D eigenvalue weighted by Crippen LogP contribution is -2.55. The summed E-state index contributed by atoms with van der Waals surface area (Å²) in [5.41, 5.74) is 0.444. The zero-order valence-corrected chi connectivity index (χ0v) is 13.9. The van der Waals surface area contributed by atoms with Crippen molar-refractivity contribution in [1.29, 1.82) is 0 Å². The number of rotatable bonds is 7. The van der Waals surface area contributed by atoms with E-state index < -0.39 is 0 Å². The van der Waals surface area contributed by atoms with Gasteiger partial charge in [0.25, 0.3) is 0 Å². The third kappa shape index (κ3) is 3.95. The van der Waals surface area contributed by atoms with E-state index in [9.17, 15) is 0 Å². The second kappa shape index (κ2) is 7.99. The molecule has 0 aromatic heterocycles. The standard InChI is InChI=1S/C16H29BrO2/c1-2-3-10-18-11-12-19-15-13-14(17)16(15)8-6-4-5-7-9-16/h14-15H,2-13H2,1H3. The normalized spacial score (nSPS) is 30.0. The van der Waals surface area contributed by atoms with Crippen molar-refractivity contribution in [2.24, 2.45) is 5.41 Å². The molecule has 0 saturated heterocycles. The summed E-state index contributed by atoms with van der Waals surface area (Å²) in [4.78, 5) is 0.684. The van der Waals surface area contributed by atoms with Crippen LogP contribution in [-0.4, -0.2) is 30.8 Å². The molecule has 2 rings (SSSR count). The maximum atomic E-state index is 6.12. The molecular weight excluding hydrogens is 304 g/mol. The lowest BCUT2D eigenvalue weighted by atomic mass is 9.61. The molecule has 19 heavy (non-hydrogen) atoms. The van der Waals surface area contributed by atoms with Gasteiger partial charge in [-0.2, -0.15) is 0 Å². The zero-order chi connectivity index (χ0) is 13.6. The molecule has 2 nitrogen and oxygen atoms in total. The summed E-state index contributed by atoms with van der Waals surface area (Å²) in [6, 6.07) is 0. The van der Waals surface area contributed by atoms with Crippen LogP contribution >= 0.6 is 15.9 Å². The van der Waals surface area contributed by atoms with E-state index in [0.29, 0.717) is 16.3 Å². The van der Waals surface area contributed by atoms with Gasteiger partial charge in [-0.05, 0) is 25.7 Å². The SMILES string of the molecule is CCCCOCCOC1CC(Br)C12CCCCCC2. The van der Waals surface area contributed by atoms with Gasteiger partial charge in [0.2, 0.25) is 0 Å². The molecule has 1 spiro atoms. The number of hydrogen-bond donors (Lipinski definition) is 0.